The van der Waals surface area contributed by atoms with E-state index in [1.807, 2.05) is 0 Å². The van der Waals surface area contributed by atoms with Gasteiger partial charge in [-0.25, -0.2) is 0 Å². The fourth-order valence-electron chi connectivity index (χ4n) is 7.04. The fourth-order valence-corrected chi connectivity index (χ4v) is 7.04. The van der Waals surface area contributed by atoms with E-state index in [2.05, 4.69) is 6.42 Å². The van der Waals surface area contributed by atoms with E-state index in [9.17, 15) is 0 Å². The van der Waals surface area contributed by atoms with Gasteiger partial charge in [-0.3, -0.25) is 0 Å². The SMILES string of the molecule is [CH](C1CCCCCC1)C(CCCCC1CCCCCC1)CCCC1CCCCCC1. The lowest BCUT2D eigenvalue weighted by Gasteiger charge is -2.24. The summed E-state index contributed by atoms with van der Waals surface area (Å²) in [5.41, 5.74) is 0. The molecule has 0 N–H and O–H groups in total. The van der Waals surface area contributed by atoms with E-state index in [0.29, 0.717) is 0 Å². The molecule has 0 spiro atoms. The van der Waals surface area contributed by atoms with Crippen molar-refractivity contribution < 1.29 is 0 Å². The van der Waals surface area contributed by atoms with Gasteiger partial charge in [0.15, 0.2) is 0 Å². The van der Waals surface area contributed by atoms with Crippen LogP contribution in [0.25, 0.3) is 0 Å². The van der Waals surface area contributed by atoms with Gasteiger partial charge in [0.2, 0.25) is 0 Å². The summed E-state index contributed by atoms with van der Waals surface area (Å²) in [5, 5.41) is 0. The number of hydrogen-bond donors (Lipinski definition) is 0. The van der Waals surface area contributed by atoms with Gasteiger partial charge in [0.1, 0.15) is 0 Å². The molecule has 0 aromatic heterocycles. The largest absolute Gasteiger partial charge is 0.0533 e. The summed E-state index contributed by atoms with van der Waals surface area (Å²) in [6.45, 7) is 0. The van der Waals surface area contributed by atoms with E-state index in [-0.39, 0.29) is 0 Å². The molecular weight excluding hydrogens is 360 g/mol. The van der Waals surface area contributed by atoms with E-state index in [0.717, 1.165) is 23.7 Å². The Kier molecular flexibility index (Phi) is 12.9. The summed E-state index contributed by atoms with van der Waals surface area (Å²) >= 11 is 0. The van der Waals surface area contributed by atoms with E-state index in [1.165, 1.54) is 135 Å². The zero-order valence-corrected chi connectivity index (χ0v) is 20.6. The molecule has 3 aliphatic carbocycles. The minimum absolute atomic E-state index is 0.938. The van der Waals surface area contributed by atoms with Crippen molar-refractivity contribution in [2.24, 2.45) is 23.7 Å². The van der Waals surface area contributed by atoms with Gasteiger partial charge in [-0.05, 0) is 30.1 Å². The van der Waals surface area contributed by atoms with Gasteiger partial charge in [-0.2, -0.15) is 0 Å². The van der Waals surface area contributed by atoms with Gasteiger partial charge < -0.3 is 0 Å². The Morgan fingerprint density at radius 1 is 0.467 bits per heavy atom. The lowest BCUT2D eigenvalue weighted by Crippen LogP contribution is -2.11. The Labute approximate surface area is 190 Å². The molecule has 0 aromatic carbocycles. The van der Waals surface area contributed by atoms with Crippen molar-refractivity contribution in [2.75, 3.05) is 0 Å². The van der Waals surface area contributed by atoms with Crippen LogP contribution < -0.4 is 0 Å². The molecule has 0 amide bonds. The molecule has 1 radical (unpaired) electrons. The molecule has 0 aromatic rings. The Bertz CT molecular complexity index is 375. The highest BCUT2D eigenvalue weighted by atomic mass is 14.3. The minimum Gasteiger partial charge on any atom is -0.0533 e. The summed E-state index contributed by atoms with van der Waals surface area (Å²) in [4.78, 5) is 0. The molecule has 3 rings (SSSR count). The Hall–Kier alpha value is 0. The number of rotatable bonds is 11. The monoisotopic (exact) mass is 415 g/mol. The molecular formula is C30H55. The molecule has 1 unspecified atom stereocenters. The maximum atomic E-state index is 2.89. The lowest BCUT2D eigenvalue weighted by molar-refractivity contribution is 0.346. The minimum atomic E-state index is 0.938. The van der Waals surface area contributed by atoms with Crippen LogP contribution in [-0.4, -0.2) is 0 Å². The van der Waals surface area contributed by atoms with Crippen molar-refractivity contribution in [1.82, 2.24) is 0 Å². The molecule has 0 heteroatoms. The van der Waals surface area contributed by atoms with Crippen LogP contribution in [0.15, 0.2) is 0 Å². The van der Waals surface area contributed by atoms with Gasteiger partial charge >= 0.3 is 0 Å². The molecule has 175 valence electrons. The highest BCUT2D eigenvalue weighted by Crippen LogP contribution is 2.34. The van der Waals surface area contributed by atoms with Crippen LogP contribution in [-0.2, 0) is 0 Å². The Balaban J connectivity index is 1.37. The molecule has 0 bridgehead atoms. The topological polar surface area (TPSA) is 0 Å². The van der Waals surface area contributed by atoms with Crippen LogP contribution in [0.4, 0.5) is 0 Å². The van der Waals surface area contributed by atoms with Crippen LogP contribution in [0.5, 0.6) is 0 Å². The molecule has 30 heavy (non-hydrogen) atoms. The van der Waals surface area contributed by atoms with E-state index >= 15 is 0 Å². The molecule has 0 saturated heterocycles. The third-order valence-corrected chi connectivity index (χ3v) is 9.02. The van der Waals surface area contributed by atoms with Crippen molar-refractivity contribution in [3.63, 3.8) is 0 Å². The van der Waals surface area contributed by atoms with Gasteiger partial charge in [-0.1, -0.05) is 161 Å². The van der Waals surface area contributed by atoms with E-state index < -0.39 is 0 Å². The predicted molar refractivity (Wildman–Crippen MR) is 134 cm³/mol. The summed E-state index contributed by atoms with van der Waals surface area (Å²) < 4.78 is 0. The fraction of sp³-hybridized carbons (Fsp3) is 0.967. The average Bonchev–Trinajstić information content (AvgIpc) is 3.27. The molecule has 0 nitrogen and oxygen atoms in total. The standard InChI is InChI=1S/C30H55/c1-2-8-17-27(16-7-1)20-13-14-23-30(26-29-21-11-5-6-12-22-29)25-15-24-28-18-9-3-4-10-19-28/h26-30H,1-25H2. The normalized spacial score (nSPS) is 24.8. The van der Waals surface area contributed by atoms with Crippen molar-refractivity contribution in [1.29, 1.82) is 0 Å². The molecule has 0 aliphatic heterocycles. The average molecular weight is 416 g/mol. The first-order valence-electron chi connectivity index (χ1n) is 14.7. The zero-order chi connectivity index (χ0) is 20.7. The third-order valence-electron chi connectivity index (χ3n) is 9.02. The predicted octanol–water partition coefficient (Wildman–Crippen LogP) is 10.4. The number of unbranched alkanes of at least 4 members (excludes halogenated alkanes) is 1. The van der Waals surface area contributed by atoms with Crippen LogP contribution in [0.2, 0.25) is 0 Å². The first-order chi connectivity index (χ1) is 14.9. The highest BCUT2D eigenvalue weighted by Gasteiger charge is 2.20. The zero-order valence-electron chi connectivity index (χ0n) is 20.6. The van der Waals surface area contributed by atoms with E-state index in [4.69, 9.17) is 0 Å². The molecule has 3 fully saturated rings. The van der Waals surface area contributed by atoms with Gasteiger partial charge in [0.25, 0.3) is 0 Å². The van der Waals surface area contributed by atoms with Crippen molar-refractivity contribution in [2.45, 2.75) is 161 Å². The third kappa shape index (κ3) is 10.5. The van der Waals surface area contributed by atoms with Crippen LogP contribution in [0.3, 0.4) is 0 Å². The smallest absolute Gasteiger partial charge is 0.0324 e. The molecule has 3 aliphatic rings. The summed E-state index contributed by atoms with van der Waals surface area (Å²) in [7, 11) is 0. The van der Waals surface area contributed by atoms with Gasteiger partial charge in [0.05, 0.1) is 0 Å². The maximum absolute atomic E-state index is 2.89. The highest BCUT2D eigenvalue weighted by molar-refractivity contribution is 4.85. The first-order valence-corrected chi connectivity index (χ1v) is 14.7. The number of hydrogen-bond acceptors (Lipinski definition) is 0. The summed E-state index contributed by atoms with van der Waals surface area (Å²) in [5.74, 6) is 4.04. The first kappa shape index (κ1) is 24.6. The van der Waals surface area contributed by atoms with Crippen LogP contribution >= 0.6 is 0 Å². The Morgan fingerprint density at radius 2 is 0.900 bits per heavy atom. The summed E-state index contributed by atoms with van der Waals surface area (Å²) in [6.07, 6.45) is 40.8. The van der Waals surface area contributed by atoms with Gasteiger partial charge in [0, 0.05) is 0 Å². The van der Waals surface area contributed by atoms with Crippen LogP contribution in [0.1, 0.15) is 161 Å². The lowest BCUT2D eigenvalue weighted by atomic mass is 9.82. The Morgan fingerprint density at radius 3 is 1.43 bits per heavy atom. The van der Waals surface area contributed by atoms with Crippen LogP contribution in [0, 0.1) is 30.1 Å². The molecule has 1 atom stereocenters. The summed E-state index contributed by atoms with van der Waals surface area (Å²) in [6, 6.07) is 0. The van der Waals surface area contributed by atoms with Crippen molar-refractivity contribution >= 4 is 0 Å². The second-order valence-electron chi connectivity index (χ2n) is 11.6. The second-order valence-corrected chi connectivity index (χ2v) is 11.6. The second kappa shape index (κ2) is 15.7. The molecule has 0 heterocycles. The van der Waals surface area contributed by atoms with E-state index in [1.54, 1.807) is 25.7 Å². The van der Waals surface area contributed by atoms with Crippen molar-refractivity contribution in [3.8, 4) is 0 Å². The molecule has 3 saturated carbocycles. The quantitative estimate of drug-likeness (QED) is 0.232. The maximum Gasteiger partial charge on any atom is -0.0324 e. The van der Waals surface area contributed by atoms with Gasteiger partial charge in [-0.15, -0.1) is 0 Å². The van der Waals surface area contributed by atoms with Crippen molar-refractivity contribution in [3.05, 3.63) is 6.42 Å².